The van der Waals surface area contributed by atoms with Gasteiger partial charge < -0.3 is 9.30 Å². The molecule has 9 heteroatoms. The number of carbonyl (C=O) groups is 1. The summed E-state index contributed by atoms with van der Waals surface area (Å²) in [6.45, 7) is 9.36. The summed E-state index contributed by atoms with van der Waals surface area (Å²) in [4.78, 5) is 18.3. The van der Waals surface area contributed by atoms with Crippen molar-refractivity contribution in [2.75, 3.05) is 13.1 Å². The van der Waals surface area contributed by atoms with Crippen molar-refractivity contribution in [1.82, 2.24) is 34.3 Å². The van der Waals surface area contributed by atoms with Gasteiger partial charge in [0.1, 0.15) is 11.3 Å². The molecule has 1 amide bonds. The topological polar surface area (TPSA) is 84.1 Å². The molecule has 0 bridgehead atoms. The predicted molar refractivity (Wildman–Crippen MR) is 143 cm³/mol. The van der Waals surface area contributed by atoms with E-state index in [2.05, 4.69) is 45.5 Å². The Labute approximate surface area is 218 Å². The number of carbonyl (C=O) groups excluding carboxylic acids is 1. The Bertz CT molecular complexity index is 1730. The lowest BCUT2D eigenvalue weighted by Gasteiger charge is -2.58. The van der Waals surface area contributed by atoms with Crippen molar-refractivity contribution >= 4 is 34.1 Å². The Morgan fingerprint density at radius 2 is 2.03 bits per heavy atom. The molecule has 8 nitrogen and oxygen atoms in total. The SMILES string of the molecule is C=CC(=O)N1CC2(CC(n3nc(-c4ccn5ccnc5c4)c(-c4c(Cl)c(C)cc5[nH]ncc45)c3C)C2)C1. The van der Waals surface area contributed by atoms with Crippen molar-refractivity contribution in [1.29, 1.82) is 0 Å². The van der Waals surface area contributed by atoms with Crippen molar-refractivity contribution in [2.24, 2.45) is 5.41 Å². The molecule has 5 heterocycles. The fraction of sp³-hybridized carbons (Fsp3) is 0.286. The van der Waals surface area contributed by atoms with Crippen LogP contribution in [-0.4, -0.2) is 53.3 Å². The van der Waals surface area contributed by atoms with Gasteiger partial charge in [0.15, 0.2) is 0 Å². The van der Waals surface area contributed by atoms with E-state index in [9.17, 15) is 4.79 Å². The number of nitrogens with zero attached hydrogens (tertiary/aromatic N) is 6. The highest BCUT2D eigenvalue weighted by Gasteiger charge is 2.54. The normalized spacial score (nSPS) is 16.9. The molecule has 1 aliphatic heterocycles. The maximum absolute atomic E-state index is 12.0. The highest BCUT2D eigenvalue weighted by molar-refractivity contribution is 6.36. The molecule has 5 aromatic rings. The highest BCUT2D eigenvalue weighted by Crippen LogP contribution is 2.55. The van der Waals surface area contributed by atoms with Gasteiger partial charge in [0, 0.05) is 64.9 Å². The van der Waals surface area contributed by atoms with Gasteiger partial charge in [0.25, 0.3) is 0 Å². The number of halogens is 1. The molecule has 1 aromatic carbocycles. The molecule has 186 valence electrons. The Balaban J connectivity index is 1.36. The quantitative estimate of drug-likeness (QED) is 0.329. The number of aromatic nitrogens is 6. The first kappa shape index (κ1) is 22.3. The first-order valence-corrected chi connectivity index (χ1v) is 12.8. The van der Waals surface area contributed by atoms with E-state index in [0.717, 1.165) is 76.1 Å². The number of hydrogen-bond acceptors (Lipinski definition) is 4. The lowest BCUT2D eigenvalue weighted by atomic mass is 9.60. The summed E-state index contributed by atoms with van der Waals surface area (Å²) in [7, 11) is 0. The lowest BCUT2D eigenvalue weighted by molar-refractivity contribution is -0.149. The first-order chi connectivity index (χ1) is 17.9. The molecule has 37 heavy (non-hydrogen) atoms. The second kappa shape index (κ2) is 7.79. The number of H-pyrrole nitrogens is 1. The van der Waals surface area contributed by atoms with Crippen LogP contribution in [-0.2, 0) is 4.79 Å². The van der Waals surface area contributed by atoms with Crippen molar-refractivity contribution in [2.45, 2.75) is 32.7 Å². The van der Waals surface area contributed by atoms with Crippen molar-refractivity contribution < 1.29 is 4.79 Å². The molecule has 2 aliphatic rings. The minimum absolute atomic E-state index is 0.0153. The zero-order chi connectivity index (χ0) is 25.5. The third kappa shape index (κ3) is 3.21. The van der Waals surface area contributed by atoms with Gasteiger partial charge in [0.05, 0.1) is 22.8 Å². The van der Waals surface area contributed by atoms with Crippen LogP contribution in [0.1, 0.15) is 30.1 Å². The van der Waals surface area contributed by atoms with E-state index in [4.69, 9.17) is 16.7 Å². The van der Waals surface area contributed by atoms with Crippen LogP contribution in [0.15, 0.2) is 55.6 Å². The van der Waals surface area contributed by atoms with Crippen LogP contribution in [0.3, 0.4) is 0 Å². The van der Waals surface area contributed by atoms with Gasteiger partial charge >= 0.3 is 0 Å². The van der Waals surface area contributed by atoms with Crippen LogP contribution in [0.5, 0.6) is 0 Å². The monoisotopic (exact) mass is 511 g/mol. The third-order valence-electron chi connectivity index (χ3n) is 8.16. The molecule has 7 rings (SSSR count). The van der Waals surface area contributed by atoms with Crippen LogP contribution in [0.2, 0.25) is 5.02 Å². The minimum atomic E-state index is 0.0153. The summed E-state index contributed by atoms with van der Waals surface area (Å²) in [5, 5.41) is 14.3. The van der Waals surface area contributed by atoms with Crippen molar-refractivity contribution in [3.8, 4) is 22.4 Å². The fourth-order valence-electron chi connectivity index (χ4n) is 6.30. The summed E-state index contributed by atoms with van der Waals surface area (Å²) < 4.78 is 4.16. The number of rotatable bonds is 4. The summed E-state index contributed by atoms with van der Waals surface area (Å²) in [5.74, 6) is 0.0153. The average molecular weight is 512 g/mol. The Morgan fingerprint density at radius 3 is 2.81 bits per heavy atom. The highest BCUT2D eigenvalue weighted by atomic mass is 35.5. The summed E-state index contributed by atoms with van der Waals surface area (Å²) in [6, 6.07) is 6.45. The molecule has 1 saturated heterocycles. The number of pyridine rings is 1. The second-order valence-electron chi connectivity index (χ2n) is 10.5. The van der Waals surface area contributed by atoms with E-state index in [0.29, 0.717) is 5.02 Å². The van der Waals surface area contributed by atoms with Crippen LogP contribution in [0.4, 0.5) is 0 Å². The largest absolute Gasteiger partial charge is 0.338 e. The molecule has 4 aromatic heterocycles. The van der Waals surface area contributed by atoms with E-state index in [-0.39, 0.29) is 17.4 Å². The summed E-state index contributed by atoms with van der Waals surface area (Å²) in [6.07, 6.45) is 11.0. The first-order valence-electron chi connectivity index (χ1n) is 12.4. The zero-order valence-electron chi connectivity index (χ0n) is 20.7. The van der Waals surface area contributed by atoms with Gasteiger partial charge in [0.2, 0.25) is 5.91 Å². The molecule has 2 fully saturated rings. The maximum Gasteiger partial charge on any atom is 0.245 e. The van der Waals surface area contributed by atoms with Gasteiger partial charge in [-0.15, -0.1) is 0 Å². The number of nitrogens with one attached hydrogen (secondary N) is 1. The molecule has 1 aliphatic carbocycles. The van der Waals surface area contributed by atoms with E-state index >= 15 is 0 Å². The molecule has 1 N–H and O–H groups in total. The number of benzene rings is 1. The Hall–Kier alpha value is -3.91. The molecule has 0 unspecified atom stereocenters. The molecule has 1 saturated carbocycles. The van der Waals surface area contributed by atoms with Crippen LogP contribution in [0, 0.1) is 19.3 Å². The van der Waals surface area contributed by atoms with Crippen LogP contribution in [0.25, 0.3) is 38.9 Å². The standard InChI is InChI=1S/C28H26ClN7O/c1-4-23(37)35-14-28(15-35)11-19(12-28)36-17(3)24(25-20-13-31-32-21(20)9-16(2)26(25)29)27(33-36)18-5-7-34-8-6-30-22(34)10-18/h4-10,13,19H,1,11-12,14-15H2,2-3H3,(H,31,32). The average Bonchev–Trinajstić information content (AvgIpc) is 3.57. The van der Waals surface area contributed by atoms with E-state index in [1.807, 2.05) is 40.9 Å². The van der Waals surface area contributed by atoms with E-state index in [1.165, 1.54) is 6.08 Å². The number of hydrogen-bond donors (Lipinski definition) is 1. The van der Waals surface area contributed by atoms with E-state index < -0.39 is 0 Å². The lowest BCUT2D eigenvalue weighted by Crippen LogP contribution is -2.63. The van der Waals surface area contributed by atoms with E-state index in [1.54, 1.807) is 6.20 Å². The third-order valence-corrected chi connectivity index (χ3v) is 8.65. The van der Waals surface area contributed by atoms with Crippen LogP contribution < -0.4 is 0 Å². The molecular weight excluding hydrogens is 486 g/mol. The minimum Gasteiger partial charge on any atom is -0.338 e. The summed E-state index contributed by atoms with van der Waals surface area (Å²) >= 11 is 7.00. The number of amides is 1. The number of aryl methyl sites for hydroxylation is 1. The maximum atomic E-state index is 12.0. The molecule has 0 radical (unpaired) electrons. The molecule has 0 atom stereocenters. The molecular formula is C28H26ClN7O. The second-order valence-corrected chi connectivity index (χ2v) is 10.9. The number of likely N-dealkylation sites (tertiary alicyclic amines) is 1. The van der Waals surface area contributed by atoms with Gasteiger partial charge in [-0.2, -0.15) is 10.2 Å². The van der Waals surface area contributed by atoms with Gasteiger partial charge in [-0.05, 0) is 56.5 Å². The smallest absolute Gasteiger partial charge is 0.245 e. The molecule has 1 spiro atoms. The number of fused-ring (bicyclic) bond motifs is 2. The Kier molecular flexibility index (Phi) is 4.70. The van der Waals surface area contributed by atoms with Crippen LogP contribution >= 0.6 is 11.6 Å². The Morgan fingerprint density at radius 1 is 1.22 bits per heavy atom. The predicted octanol–water partition coefficient (Wildman–Crippen LogP) is 5.36. The van der Waals surface area contributed by atoms with Gasteiger partial charge in [-0.1, -0.05) is 18.2 Å². The fourth-order valence-corrected chi connectivity index (χ4v) is 6.55. The van der Waals surface area contributed by atoms with Gasteiger partial charge in [-0.25, -0.2) is 4.98 Å². The summed E-state index contributed by atoms with van der Waals surface area (Å²) in [5.41, 5.74) is 7.91. The number of imidazole rings is 1. The number of aromatic amines is 1. The zero-order valence-corrected chi connectivity index (χ0v) is 21.5. The van der Waals surface area contributed by atoms with Gasteiger partial charge in [-0.3, -0.25) is 14.6 Å². The van der Waals surface area contributed by atoms with Crippen molar-refractivity contribution in [3.05, 3.63) is 71.9 Å². The van der Waals surface area contributed by atoms with Crippen molar-refractivity contribution in [3.63, 3.8) is 0 Å².